The van der Waals surface area contributed by atoms with Crippen molar-refractivity contribution in [3.63, 3.8) is 0 Å². The molecule has 2 heteroatoms. The number of nitrogens with one attached hydrogen (secondary N) is 1. The molecular weight excluding hydrogens is 184 g/mol. The van der Waals surface area contributed by atoms with Gasteiger partial charge in [-0.3, -0.25) is 0 Å². The lowest BCUT2D eigenvalue weighted by atomic mass is 10.1. The third-order valence-electron chi connectivity index (χ3n) is 2.64. The molecule has 1 aromatic carbocycles. The van der Waals surface area contributed by atoms with Crippen LogP contribution in [-0.2, 0) is 0 Å². The molecule has 0 aliphatic carbocycles. The highest BCUT2D eigenvalue weighted by Gasteiger charge is 1.95. The minimum absolute atomic E-state index is 0.869. The minimum Gasteiger partial charge on any atom is -0.398 e. The maximum atomic E-state index is 5.83. The highest BCUT2D eigenvalue weighted by molar-refractivity contribution is 5.58. The Bertz CT molecular complexity index is 295. The number of anilines is 2. The van der Waals surface area contributed by atoms with Gasteiger partial charge in [-0.15, -0.1) is 0 Å². The molecule has 0 fully saturated rings. The van der Waals surface area contributed by atoms with E-state index in [1.54, 1.807) is 0 Å². The molecule has 0 saturated carbocycles. The van der Waals surface area contributed by atoms with Crippen molar-refractivity contribution in [3.8, 4) is 0 Å². The molecule has 84 valence electrons. The summed E-state index contributed by atoms with van der Waals surface area (Å²) in [6.45, 7) is 5.30. The molecule has 0 aromatic heterocycles. The summed E-state index contributed by atoms with van der Waals surface area (Å²) >= 11 is 0. The van der Waals surface area contributed by atoms with Crippen molar-refractivity contribution in [2.75, 3.05) is 17.6 Å². The Morgan fingerprint density at radius 2 is 2.00 bits per heavy atom. The molecule has 15 heavy (non-hydrogen) atoms. The maximum Gasteiger partial charge on any atom is 0.0364 e. The quantitative estimate of drug-likeness (QED) is 0.551. The van der Waals surface area contributed by atoms with E-state index in [-0.39, 0.29) is 0 Å². The van der Waals surface area contributed by atoms with Crippen LogP contribution in [0.2, 0.25) is 0 Å². The van der Waals surface area contributed by atoms with Crippen molar-refractivity contribution in [3.05, 3.63) is 23.8 Å². The molecule has 0 saturated heterocycles. The second-order valence-electron chi connectivity index (χ2n) is 4.06. The summed E-state index contributed by atoms with van der Waals surface area (Å²) in [5.41, 5.74) is 8.98. The van der Waals surface area contributed by atoms with E-state index in [9.17, 15) is 0 Å². The first kappa shape index (κ1) is 11.9. The van der Waals surface area contributed by atoms with Crippen molar-refractivity contribution >= 4 is 11.4 Å². The van der Waals surface area contributed by atoms with Crippen LogP contribution in [0.15, 0.2) is 18.2 Å². The Hall–Kier alpha value is -1.18. The van der Waals surface area contributed by atoms with Gasteiger partial charge < -0.3 is 11.1 Å². The van der Waals surface area contributed by atoms with Gasteiger partial charge in [0.1, 0.15) is 0 Å². The summed E-state index contributed by atoms with van der Waals surface area (Å²) in [5.74, 6) is 0. The topological polar surface area (TPSA) is 38.0 Å². The van der Waals surface area contributed by atoms with Gasteiger partial charge in [-0.1, -0.05) is 32.3 Å². The molecule has 0 radical (unpaired) electrons. The fraction of sp³-hybridized carbons (Fsp3) is 0.538. The zero-order valence-corrected chi connectivity index (χ0v) is 9.84. The Morgan fingerprint density at radius 3 is 2.67 bits per heavy atom. The number of nitrogens with two attached hydrogens (primary N) is 1. The second kappa shape index (κ2) is 6.33. The SMILES string of the molecule is CCCCCCNc1ccc(C)c(N)c1. The lowest BCUT2D eigenvalue weighted by molar-refractivity contribution is 0.685. The van der Waals surface area contributed by atoms with E-state index in [0.717, 1.165) is 23.5 Å². The fourth-order valence-corrected chi connectivity index (χ4v) is 1.53. The van der Waals surface area contributed by atoms with E-state index in [2.05, 4.69) is 24.4 Å². The lowest BCUT2D eigenvalue weighted by Crippen LogP contribution is -2.02. The van der Waals surface area contributed by atoms with Gasteiger partial charge in [0.25, 0.3) is 0 Å². The van der Waals surface area contributed by atoms with E-state index >= 15 is 0 Å². The van der Waals surface area contributed by atoms with Gasteiger partial charge in [-0.25, -0.2) is 0 Å². The highest BCUT2D eigenvalue weighted by atomic mass is 14.9. The van der Waals surface area contributed by atoms with Gasteiger partial charge >= 0.3 is 0 Å². The molecule has 0 unspecified atom stereocenters. The number of unbranched alkanes of at least 4 members (excludes halogenated alkanes) is 3. The molecule has 3 N–H and O–H groups in total. The lowest BCUT2D eigenvalue weighted by Gasteiger charge is -2.08. The first-order valence-corrected chi connectivity index (χ1v) is 5.84. The van der Waals surface area contributed by atoms with Gasteiger partial charge in [0.15, 0.2) is 0 Å². The Balaban J connectivity index is 2.28. The Kier molecular flexibility index (Phi) is 5.02. The first-order valence-electron chi connectivity index (χ1n) is 5.84. The number of hydrogen-bond acceptors (Lipinski definition) is 2. The summed E-state index contributed by atoms with van der Waals surface area (Å²) in [7, 11) is 0. The molecule has 0 spiro atoms. The zero-order valence-electron chi connectivity index (χ0n) is 9.84. The van der Waals surface area contributed by atoms with E-state index in [0.29, 0.717) is 0 Å². The van der Waals surface area contributed by atoms with E-state index in [1.165, 1.54) is 25.7 Å². The number of rotatable bonds is 6. The molecule has 1 rings (SSSR count). The summed E-state index contributed by atoms with van der Waals surface area (Å²) in [4.78, 5) is 0. The zero-order chi connectivity index (χ0) is 11.1. The minimum atomic E-state index is 0.869. The van der Waals surface area contributed by atoms with Gasteiger partial charge in [-0.05, 0) is 31.0 Å². The molecule has 0 heterocycles. The Morgan fingerprint density at radius 1 is 1.20 bits per heavy atom. The molecule has 2 nitrogen and oxygen atoms in total. The van der Waals surface area contributed by atoms with Crippen molar-refractivity contribution < 1.29 is 0 Å². The van der Waals surface area contributed by atoms with Gasteiger partial charge in [-0.2, -0.15) is 0 Å². The average Bonchev–Trinajstić information content (AvgIpc) is 2.23. The van der Waals surface area contributed by atoms with E-state index in [1.807, 2.05) is 13.0 Å². The van der Waals surface area contributed by atoms with Crippen molar-refractivity contribution in [2.24, 2.45) is 0 Å². The van der Waals surface area contributed by atoms with E-state index < -0.39 is 0 Å². The van der Waals surface area contributed by atoms with Crippen LogP contribution in [0.25, 0.3) is 0 Å². The fourth-order valence-electron chi connectivity index (χ4n) is 1.53. The summed E-state index contributed by atoms with van der Waals surface area (Å²) in [6.07, 6.45) is 5.17. The molecule has 0 aliphatic rings. The molecule has 0 aliphatic heterocycles. The van der Waals surface area contributed by atoms with Gasteiger partial charge in [0.2, 0.25) is 0 Å². The molecule has 0 amide bonds. The van der Waals surface area contributed by atoms with Gasteiger partial charge in [0.05, 0.1) is 0 Å². The van der Waals surface area contributed by atoms with Crippen molar-refractivity contribution in [1.29, 1.82) is 0 Å². The normalized spacial score (nSPS) is 10.3. The number of benzene rings is 1. The first-order chi connectivity index (χ1) is 7.24. The van der Waals surface area contributed by atoms with Gasteiger partial charge in [0, 0.05) is 17.9 Å². The van der Waals surface area contributed by atoms with E-state index in [4.69, 9.17) is 5.73 Å². The maximum absolute atomic E-state index is 5.83. The number of hydrogen-bond donors (Lipinski definition) is 2. The van der Waals surface area contributed by atoms with Crippen LogP contribution in [0.1, 0.15) is 38.2 Å². The molecule has 0 atom stereocenters. The molecule has 1 aromatic rings. The smallest absolute Gasteiger partial charge is 0.0364 e. The summed E-state index contributed by atoms with van der Waals surface area (Å²) < 4.78 is 0. The van der Waals surface area contributed by atoms with Crippen LogP contribution in [-0.4, -0.2) is 6.54 Å². The second-order valence-corrected chi connectivity index (χ2v) is 4.06. The van der Waals surface area contributed by atoms with Crippen LogP contribution >= 0.6 is 0 Å². The average molecular weight is 206 g/mol. The van der Waals surface area contributed by atoms with Crippen molar-refractivity contribution in [1.82, 2.24) is 0 Å². The standard InChI is InChI=1S/C13H22N2/c1-3-4-5-6-9-15-12-8-7-11(2)13(14)10-12/h7-8,10,15H,3-6,9,14H2,1-2H3. The monoisotopic (exact) mass is 206 g/mol. The predicted molar refractivity (Wildman–Crippen MR) is 68.2 cm³/mol. The van der Waals surface area contributed by atoms with Crippen LogP contribution < -0.4 is 11.1 Å². The van der Waals surface area contributed by atoms with Crippen LogP contribution in [0, 0.1) is 6.92 Å². The third-order valence-corrected chi connectivity index (χ3v) is 2.64. The molecule has 0 bridgehead atoms. The summed E-state index contributed by atoms with van der Waals surface area (Å²) in [6, 6.07) is 6.16. The number of nitrogen functional groups attached to an aromatic ring is 1. The highest BCUT2D eigenvalue weighted by Crippen LogP contribution is 2.16. The van der Waals surface area contributed by atoms with Crippen LogP contribution in [0.5, 0.6) is 0 Å². The predicted octanol–water partition coefficient (Wildman–Crippen LogP) is 3.57. The number of aryl methyl sites for hydroxylation is 1. The summed E-state index contributed by atoms with van der Waals surface area (Å²) in [5, 5.41) is 3.39. The third kappa shape index (κ3) is 4.24. The van der Waals surface area contributed by atoms with Crippen LogP contribution in [0.3, 0.4) is 0 Å². The van der Waals surface area contributed by atoms with Crippen LogP contribution in [0.4, 0.5) is 11.4 Å². The molecular formula is C13H22N2. The Labute approximate surface area is 92.9 Å². The van der Waals surface area contributed by atoms with Crippen molar-refractivity contribution in [2.45, 2.75) is 39.5 Å². The largest absolute Gasteiger partial charge is 0.398 e.